The van der Waals surface area contributed by atoms with E-state index in [9.17, 15) is 13.2 Å². The number of H-pyrrole nitrogens is 1. The Morgan fingerprint density at radius 3 is 2.74 bits per heavy atom. The summed E-state index contributed by atoms with van der Waals surface area (Å²) in [6, 6.07) is 6.15. The van der Waals surface area contributed by atoms with Gasteiger partial charge in [-0.25, -0.2) is 8.42 Å². The van der Waals surface area contributed by atoms with E-state index in [2.05, 4.69) is 25.9 Å². The second-order valence-corrected chi connectivity index (χ2v) is 5.84. The minimum atomic E-state index is -3.42. The zero-order valence-corrected chi connectivity index (χ0v) is 10.8. The number of tetrazole rings is 1. The first-order valence-electron chi connectivity index (χ1n) is 5.41. The second-order valence-electron chi connectivity index (χ2n) is 3.59. The molecule has 0 spiro atoms. The normalized spacial score (nSPS) is 11.2. The summed E-state index contributed by atoms with van der Waals surface area (Å²) < 4.78 is 23.8. The molecule has 19 heavy (non-hydrogen) atoms. The topological polar surface area (TPSA) is 118 Å². The van der Waals surface area contributed by atoms with Gasteiger partial charge in [0.05, 0.1) is 16.3 Å². The van der Waals surface area contributed by atoms with Gasteiger partial charge < -0.3 is 5.32 Å². The molecule has 0 fully saturated rings. The van der Waals surface area contributed by atoms with Gasteiger partial charge in [0.1, 0.15) is 0 Å². The molecule has 0 bridgehead atoms. The third kappa shape index (κ3) is 2.76. The molecular weight excluding hydrogens is 270 g/mol. The summed E-state index contributed by atoms with van der Waals surface area (Å²) in [6.07, 6.45) is 0. The van der Waals surface area contributed by atoms with Crippen LogP contribution in [0.1, 0.15) is 17.5 Å². The number of nitrogens with one attached hydrogen (secondary N) is 2. The Labute approximate surface area is 109 Å². The summed E-state index contributed by atoms with van der Waals surface area (Å²) in [7, 11) is -3.42. The number of carbonyl (C=O) groups is 1. The highest BCUT2D eigenvalue weighted by molar-refractivity contribution is 7.91. The van der Waals surface area contributed by atoms with Crippen LogP contribution in [-0.4, -0.2) is 40.7 Å². The Hall–Kier alpha value is -2.29. The zero-order chi connectivity index (χ0) is 13.9. The van der Waals surface area contributed by atoms with Crippen LogP contribution in [0.2, 0.25) is 0 Å². The number of rotatable bonds is 4. The number of sulfone groups is 1. The predicted octanol–water partition coefficient (Wildman–Crippen LogP) is 0.246. The molecule has 0 unspecified atom stereocenters. The van der Waals surface area contributed by atoms with Crippen LogP contribution in [0.3, 0.4) is 0 Å². The third-order valence-electron chi connectivity index (χ3n) is 2.40. The lowest BCUT2D eigenvalue weighted by Crippen LogP contribution is -2.16. The molecule has 2 N–H and O–H groups in total. The van der Waals surface area contributed by atoms with Crippen molar-refractivity contribution < 1.29 is 13.2 Å². The van der Waals surface area contributed by atoms with Gasteiger partial charge in [-0.15, -0.1) is 10.2 Å². The highest BCUT2D eigenvalue weighted by atomic mass is 32.2. The first-order chi connectivity index (χ1) is 9.04. The van der Waals surface area contributed by atoms with Crippen molar-refractivity contribution in [2.75, 3.05) is 11.1 Å². The van der Waals surface area contributed by atoms with E-state index >= 15 is 0 Å². The maximum absolute atomic E-state index is 11.9. The summed E-state index contributed by atoms with van der Waals surface area (Å²) >= 11 is 0. The summed E-state index contributed by atoms with van der Waals surface area (Å²) in [4.78, 5) is 11.8. The number of hydrogen-bond donors (Lipinski definition) is 2. The number of amides is 1. The molecule has 0 radical (unpaired) electrons. The fourth-order valence-corrected chi connectivity index (χ4v) is 2.48. The fraction of sp³-hybridized carbons (Fsp3) is 0.200. The van der Waals surface area contributed by atoms with Gasteiger partial charge in [-0.2, -0.15) is 5.21 Å². The Bertz CT molecular complexity index is 681. The van der Waals surface area contributed by atoms with Gasteiger partial charge in [-0.3, -0.25) is 4.79 Å². The minimum absolute atomic E-state index is 0.0535. The average Bonchev–Trinajstić information content (AvgIpc) is 2.93. The highest BCUT2D eigenvalue weighted by Crippen LogP contribution is 2.22. The number of benzene rings is 1. The molecule has 1 amide bonds. The van der Waals surface area contributed by atoms with Crippen LogP contribution in [-0.2, 0) is 9.84 Å². The number of nitrogens with zero attached hydrogens (tertiary/aromatic N) is 3. The van der Waals surface area contributed by atoms with Crippen LogP contribution in [0.15, 0.2) is 29.2 Å². The summed E-state index contributed by atoms with van der Waals surface area (Å²) in [5.41, 5.74) is 0.194. The van der Waals surface area contributed by atoms with Crippen molar-refractivity contribution in [1.82, 2.24) is 20.6 Å². The van der Waals surface area contributed by atoms with E-state index in [1.165, 1.54) is 19.1 Å². The molecule has 0 atom stereocenters. The van der Waals surface area contributed by atoms with Crippen LogP contribution in [0.25, 0.3) is 0 Å². The lowest BCUT2D eigenvalue weighted by molar-refractivity contribution is 0.101. The van der Waals surface area contributed by atoms with Gasteiger partial charge in [0.25, 0.3) is 11.7 Å². The summed E-state index contributed by atoms with van der Waals surface area (Å²) in [5.74, 6) is -0.849. The minimum Gasteiger partial charge on any atom is -0.318 e. The number of para-hydroxylation sites is 1. The SMILES string of the molecule is CCS(=O)(=O)c1ccccc1NC(=O)c1nn[nH]n1. The maximum Gasteiger partial charge on any atom is 0.297 e. The molecule has 0 aliphatic carbocycles. The molecule has 2 aromatic rings. The van der Waals surface area contributed by atoms with Crippen LogP contribution in [0.5, 0.6) is 0 Å². The van der Waals surface area contributed by atoms with Gasteiger partial charge in [-0.05, 0) is 17.3 Å². The fourth-order valence-electron chi connectivity index (χ4n) is 1.43. The monoisotopic (exact) mass is 281 g/mol. The van der Waals surface area contributed by atoms with Gasteiger partial charge >= 0.3 is 0 Å². The van der Waals surface area contributed by atoms with Crippen molar-refractivity contribution in [3.8, 4) is 0 Å². The molecule has 0 saturated heterocycles. The van der Waals surface area contributed by atoms with Crippen molar-refractivity contribution in [1.29, 1.82) is 0 Å². The number of aromatic nitrogens is 4. The molecule has 1 aromatic heterocycles. The largest absolute Gasteiger partial charge is 0.318 e. The van der Waals surface area contributed by atoms with Crippen LogP contribution >= 0.6 is 0 Å². The zero-order valence-electron chi connectivity index (χ0n) is 9.99. The Morgan fingerprint density at radius 2 is 2.11 bits per heavy atom. The number of anilines is 1. The Balaban J connectivity index is 2.34. The van der Waals surface area contributed by atoms with E-state index in [-0.39, 0.29) is 22.2 Å². The Kier molecular flexibility index (Phi) is 3.56. The van der Waals surface area contributed by atoms with Gasteiger partial charge in [-0.1, -0.05) is 19.1 Å². The van der Waals surface area contributed by atoms with Gasteiger partial charge in [0, 0.05) is 0 Å². The molecule has 2 rings (SSSR count). The van der Waals surface area contributed by atoms with E-state index in [4.69, 9.17) is 0 Å². The van der Waals surface area contributed by atoms with Gasteiger partial charge in [0.15, 0.2) is 9.84 Å². The maximum atomic E-state index is 11.9. The van der Waals surface area contributed by atoms with Crippen molar-refractivity contribution >= 4 is 21.4 Å². The third-order valence-corrected chi connectivity index (χ3v) is 4.18. The van der Waals surface area contributed by atoms with Crippen molar-refractivity contribution in [2.24, 2.45) is 0 Å². The number of carbonyl (C=O) groups excluding carboxylic acids is 1. The highest BCUT2D eigenvalue weighted by Gasteiger charge is 2.19. The molecule has 9 heteroatoms. The molecule has 0 aliphatic rings. The van der Waals surface area contributed by atoms with Crippen molar-refractivity contribution in [3.05, 3.63) is 30.1 Å². The van der Waals surface area contributed by atoms with Crippen LogP contribution in [0.4, 0.5) is 5.69 Å². The Morgan fingerprint density at radius 1 is 1.37 bits per heavy atom. The molecule has 8 nitrogen and oxygen atoms in total. The standard InChI is InChI=1S/C10H11N5O3S/c1-2-19(17,18)8-6-4-3-5-7(8)11-10(16)9-12-14-15-13-9/h3-6H,2H2,1H3,(H,11,16)(H,12,13,14,15). The van der Waals surface area contributed by atoms with E-state index in [0.717, 1.165) is 0 Å². The van der Waals surface area contributed by atoms with Crippen molar-refractivity contribution in [3.63, 3.8) is 0 Å². The van der Waals surface area contributed by atoms with Crippen molar-refractivity contribution in [2.45, 2.75) is 11.8 Å². The van der Waals surface area contributed by atoms with E-state index < -0.39 is 15.7 Å². The first kappa shape index (κ1) is 13.1. The van der Waals surface area contributed by atoms with E-state index in [1.807, 2.05) is 0 Å². The molecule has 1 aromatic carbocycles. The molecule has 0 aliphatic heterocycles. The van der Waals surface area contributed by atoms with E-state index in [0.29, 0.717) is 0 Å². The molecule has 1 heterocycles. The second kappa shape index (κ2) is 5.14. The van der Waals surface area contributed by atoms with E-state index in [1.54, 1.807) is 12.1 Å². The van der Waals surface area contributed by atoms with Crippen LogP contribution in [0, 0.1) is 0 Å². The molecular formula is C10H11N5O3S. The van der Waals surface area contributed by atoms with Gasteiger partial charge in [0.2, 0.25) is 0 Å². The first-order valence-corrected chi connectivity index (χ1v) is 7.06. The summed E-state index contributed by atoms with van der Waals surface area (Å²) in [6.45, 7) is 1.53. The number of aromatic amines is 1. The lowest BCUT2D eigenvalue weighted by Gasteiger charge is -2.09. The number of hydrogen-bond acceptors (Lipinski definition) is 6. The smallest absolute Gasteiger partial charge is 0.297 e. The summed E-state index contributed by atoms with van der Waals surface area (Å²) in [5, 5.41) is 14.9. The average molecular weight is 281 g/mol. The quantitative estimate of drug-likeness (QED) is 0.829. The predicted molar refractivity (Wildman–Crippen MR) is 66.3 cm³/mol. The lowest BCUT2D eigenvalue weighted by atomic mass is 10.3. The molecule has 100 valence electrons. The van der Waals surface area contributed by atoms with Crippen LogP contribution < -0.4 is 5.32 Å². The molecule has 0 saturated carbocycles.